The predicted molar refractivity (Wildman–Crippen MR) is 206 cm³/mol. The van der Waals surface area contributed by atoms with Crippen LogP contribution >= 0.6 is 0 Å². The maximum atomic E-state index is 6.53. The number of benzene rings is 6. The predicted octanol–water partition coefficient (Wildman–Crippen LogP) is 12.8. The quantitative estimate of drug-likeness (QED) is 0.122. The monoisotopic (exact) mass is 660 g/mol. The first-order valence-corrected chi connectivity index (χ1v) is 18.6. The second-order valence-electron chi connectivity index (χ2n) is 15.0. The zero-order valence-electron chi connectivity index (χ0n) is 29.6. The molecule has 254 valence electrons. The molecule has 2 bridgehead atoms. The first kappa shape index (κ1) is 32.4. The van der Waals surface area contributed by atoms with Gasteiger partial charge in [-0.05, 0) is 167 Å². The summed E-state index contributed by atoms with van der Waals surface area (Å²) in [4.78, 5) is 0. The van der Waals surface area contributed by atoms with Crippen LogP contribution in [0.15, 0.2) is 127 Å². The van der Waals surface area contributed by atoms with Crippen molar-refractivity contribution in [1.82, 2.24) is 0 Å². The summed E-state index contributed by atoms with van der Waals surface area (Å²) in [5, 5.41) is 4.91. The minimum atomic E-state index is 0.385. The van der Waals surface area contributed by atoms with Crippen molar-refractivity contribution in [3.63, 3.8) is 0 Å². The molecule has 3 nitrogen and oxygen atoms in total. The minimum Gasteiger partial charge on any atom is -0.497 e. The van der Waals surface area contributed by atoms with Crippen LogP contribution in [0.2, 0.25) is 0 Å². The topological polar surface area (TPSA) is 27.7 Å². The molecule has 50 heavy (non-hydrogen) atoms. The standard InChI is InChI=1S/C47H48O3/c1-31(34-10-17-43(48-3)18-11-34)24-41(36-14-21-45(22-15-36)50-47-27-33-8-9-40(47)26-33)25-32(2)35-12-19-44(20-13-35)49-46-23-16-39-28-37-6-4-5-7-38(37)29-42(39)30-46/h4-7,10-23,28-33,40-41,47H,8-9,24-27H2,1-3H3. The average Bonchev–Trinajstić information content (AvgIpc) is 3.78. The number of rotatable bonds is 12. The highest BCUT2D eigenvalue weighted by Crippen LogP contribution is 2.46. The van der Waals surface area contributed by atoms with Crippen LogP contribution in [0.3, 0.4) is 0 Å². The summed E-state index contributed by atoms with van der Waals surface area (Å²) in [5.41, 5.74) is 4.07. The second-order valence-corrected chi connectivity index (χ2v) is 15.0. The highest BCUT2D eigenvalue weighted by atomic mass is 16.5. The molecule has 6 aromatic carbocycles. The molecule has 6 atom stereocenters. The van der Waals surface area contributed by atoms with Crippen molar-refractivity contribution in [2.75, 3.05) is 7.11 Å². The third-order valence-electron chi connectivity index (χ3n) is 11.6. The maximum Gasteiger partial charge on any atom is 0.128 e. The van der Waals surface area contributed by atoms with Gasteiger partial charge < -0.3 is 14.2 Å². The van der Waals surface area contributed by atoms with Gasteiger partial charge in [0.25, 0.3) is 0 Å². The Hall–Kier alpha value is -4.76. The van der Waals surface area contributed by atoms with Crippen molar-refractivity contribution in [1.29, 1.82) is 0 Å². The molecule has 0 amide bonds. The molecule has 2 aliphatic carbocycles. The van der Waals surface area contributed by atoms with E-state index >= 15 is 0 Å². The average molecular weight is 661 g/mol. The van der Waals surface area contributed by atoms with Crippen LogP contribution in [-0.2, 0) is 0 Å². The van der Waals surface area contributed by atoms with E-state index < -0.39 is 0 Å². The Morgan fingerprint density at radius 1 is 0.540 bits per heavy atom. The lowest BCUT2D eigenvalue weighted by Gasteiger charge is -2.26. The summed E-state index contributed by atoms with van der Waals surface area (Å²) in [6.45, 7) is 4.72. The Morgan fingerprint density at radius 3 is 1.70 bits per heavy atom. The molecule has 2 saturated carbocycles. The summed E-state index contributed by atoms with van der Waals surface area (Å²) in [5.74, 6) is 6.48. The molecule has 6 aromatic rings. The van der Waals surface area contributed by atoms with Gasteiger partial charge in [0.2, 0.25) is 0 Å². The van der Waals surface area contributed by atoms with E-state index in [1.54, 1.807) is 7.11 Å². The fourth-order valence-electron chi connectivity index (χ4n) is 8.73. The van der Waals surface area contributed by atoms with E-state index in [4.69, 9.17) is 14.2 Å². The van der Waals surface area contributed by atoms with E-state index in [-0.39, 0.29) is 0 Å². The SMILES string of the molecule is COc1ccc(C(C)CC(CC(C)c2ccc(Oc3ccc4cc5ccccc5cc4c3)cc2)c2ccc(OC3CC4CCC3C4)cc2)cc1. The molecule has 2 aliphatic rings. The Bertz CT molecular complexity index is 2050. The zero-order chi connectivity index (χ0) is 34.0. The highest BCUT2D eigenvalue weighted by Gasteiger charge is 2.41. The van der Waals surface area contributed by atoms with Crippen LogP contribution in [0.4, 0.5) is 0 Å². The highest BCUT2D eigenvalue weighted by molar-refractivity contribution is 5.98. The Kier molecular flexibility index (Phi) is 9.23. The van der Waals surface area contributed by atoms with E-state index in [1.807, 2.05) is 0 Å². The first-order valence-electron chi connectivity index (χ1n) is 18.6. The summed E-state index contributed by atoms with van der Waals surface area (Å²) in [6.07, 6.45) is 7.86. The summed E-state index contributed by atoms with van der Waals surface area (Å²) >= 11 is 0. The van der Waals surface area contributed by atoms with E-state index in [0.29, 0.717) is 23.9 Å². The van der Waals surface area contributed by atoms with Gasteiger partial charge in [0.1, 0.15) is 29.1 Å². The van der Waals surface area contributed by atoms with Crippen molar-refractivity contribution in [2.45, 2.75) is 76.2 Å². The van der Waals surface area contributed by atoms with Gasteiger partial charge in [-0.3, -0.25) is 0 Å². The molecule has 2 fully saturated rings. The van der Waals surface area contributed by atoms with Gasteiger partial charge >= 0.3 is 0 Å². The number of fused-ring (bicyclic) bond motifs is 4. The largest absolute Gasteiger partial charge is 0.497 e. The molecule has 6 unspecified atom stereocenters. The molecule has 0 aliphatic heterocycles. The van der Waals surface area contributed by atoms with Crippen molar-refractivity contribution >= 4 is 21.5 Å². The molecule has 3 heteroatoms. The molecular weight excluding hydrogens is 613 g/mol. The van der Waals surface area contributed by atoms with E-state index in [0.717, 1.165) is 47.7 Å². The fraction of sp³-hybridized carbons (Fsp3) is 0.319. The van der Waals surface area contributed by atoms with Crippen molar-refractivity contribution in [2.24, 2.45) is 11.8 Å². The normalized spacial score (nSPS) is 20.1. The van der Waals surface area contributed by atoms with Crippen molar-refractivity contribution in [3.05, 3.63) is 144 Å². The molecule has 0 N–H and O–H groups in total. The first-order chi connectivity index (χ1) is 24.5. The third-order valence-corrected chi connectivity index (χ3v) is 11.6. The molecule has 8 rings (SSSR count). The summed E-state index contributed by atoms with van der Waals surface area (Å²) in [6, 6.07) is 45.7. The minimum absolute atomic E-state index is 0.385. The van der Waals surface area contributed by atoms with Crippen LogP contribution in [0.1, 0.15) is 86.8 Å². The smallest absolute Gasteiger partial charge is 0.128 e. The van der Waals surface area contributed by atoms with E-state index in [1.165, 1.54) is 63.9 Å². The molecule has 0 spiro atoms. The summed E-state index contributed by atoms with van der Waals surface area (Å²) < 4.78 is 18.3. The van der Waals surface area contributed by atoms with Gasteiger partial charge in [-0.15, -0.1) is 0 Å². The number of ether oxygens (including phenoxy) is 3. The summed E-state index contributed by atoms with van der Waals surface area (Å²) in [7, 11) is 1.73. The van der Waals surface area contributed by atoms with Gasteiger partial charge in [-0.2, -0.15) is 0 Å². The number of methoxy groups -OCH3 is 1. The maximum absolute atomic E-state index is 6.53. The van der Waals surface area contributed by atoms with Crippen LogP contribution in [0.5, 0.6) is 23.0 Å². The van der Waals surface area contributed by atoms with Crippen LogP contribution in [-0.4, -0.2) is 13.2 Å². The van der Waals surface area contributed by atoms with Crippen LogP contribution in [0.25, 0.3) is 21.5 Å². The Labute approximate surface area is 297 Å². The lowest BCUT2D eigenvalue weighted by molar-refractivity contribution is 0.138. The van der Waals surface area contributed by atoms with Crippen LogP contribution in [0, 0.1) is 11.8 Å². The second kappa shape index (κ2) is 14.2. The number of hydrogen-bond acceptors (Lipinski definition) is 3. The molecule has 0 aromatic heterocycles. The van der Waals surface area contributed by atoms with Gasteiger partial charge in [0.15, 0.2) is 0 Å². The molecule has 0 radical (unpaired) electrons. The van der Waals surface area contributed by atoms with E-state index in [9.17, 15) is 0 Å². The van der Waals surface area contributed by atoms with Gasteiger partial charge in [-0.1, -0.05) is 80.6 Å². The Morgan fingerprint density at radius 2 is 1.10 bits per heavy atom. The zero-order valence-corrected chi connectivity index (χ0v) is 29.6. The molecule has 0 saturated heterocycles. The third kappa shape index (κ3) is 7.10. The van der Waals surface area contributed by atoms with E-state index in [2.05, 4.69) is 141 Å². The van der Waals surface area contributed by atoms with Crippen molar-refractivity contribution in [3.8, 4) is 23.0 Å². The number of hydrogen-bond donors (Lipinski definition) is 0. The van der Waals surface area contributed by atoms with Crippen molar-refractivity contribution < 1.29 is 14.2 Å². The lowest BCUT2D eigenvalue weighted by Crippen LogP contribution is -2.23. The van der Waals surface area contributed by atoms with Gasteiger partial charge in [0, 0.05) is 0 Å². The Balaban J connectivity index is 0.969. The fourth-order valence-corrected chi connectivity index (χ4v) is 8.73. The van der Waals surface area contributed by atoms with Gasteiger partial charge in [0.05, 0.1) is 7.11 Å². The molecular formula is C47H48O3. The van der Waals surface area contributed by atoms with Crippen LogP contribution < -0.4 is 14.2 Å². The lowest BCUT2D eigenvalue weighted by atomic mass is 9.79. The van der Waals surface area contributed by atoms with Gasteiger partial charge in [-0.25, -0.2) is 0 Å². The molecule has 0 heterocycles.